The predicted octanol–water partition coefficient (Wildman–Crippen LogP) is 4.59. The fraction of sp³-hybridized carbons (Fsp3) is 0.562. The summed E-state index contributed by atoms with van der Waals surface area (Å²) in [7, 11) is 3.39. The van der Waals surface area contributed by atoms with Crippen LogP contribution < -0.4 is 9.47 Å². The van der Waals surface area contributed by atoms with Gasteiger partial charge in [-0.15, -0.1) is 0 Å². The Balaban J connectivity index is 2.66. The van der Waals surface area contributed by atoms with Gasteiger partial charge >= 0.3 is 0 Å². The van der Waals surface area contributed by atoms with Gasteiger partial charge in [-0.2, -0.15) is 0 Å². The van der Waals surface area contributed by atoms with Crippen LogP contribution in [0.15, 0.2) is 18.2 Å². The minimum absolute atomic E-state index is 0.270. The molecule has 18 heavy (non-hydrogen) atoms. The third-order valence-electron chi connectivity index (χ3n) is 3.28. The Labute approximate surface area is 111 Å². The van der Waals surface area contributed by atoms with Crippen molar-refractivity contribution < 1.29 is 9.47 Å². The summed E-state index contributed by atoms with van der Waals surface area (Å²) >= 11 is 0. The number of ether oxygens (including phenoxy) is 2. The van der Waals surface area contributed by atoms with E-state index in [2.05, 4.69) is 13.8 Å². The van der Waals surface area contributed by atoms with Gasteiger partial charge in [0.2, 0.25) is 0 Å². The second-order valence-electron chi connectivity index (χ2n) is 4.65. The van der Waals surface area contributed by atoms with Gasteiger partial charge in [-0.1, -0.05) is 32.6 Å². The molecule has 0 fully saturated rings. The Morgan fingerprint density at radius 2 is 1.89 bits per heavy atom. The lowest BCUT2D eigenvalue weighted by Crippen LogP contribution is -1.99. The van der Waals surface area contributed by atoms with E-state index >= 15 is 0 Å². The number of benzene rings is 1. The van der Waals surface area contributed by atoms with Gasteiger partial charge in [0, 0.05) is 5.56 Å². The highest BCUT2D eigenvalue weighted by molar-refractivity contribution is 5.42. The van der Waals surface area contributed by atoms with Gasteiger partial charge in [-0.3, -0.25) is 0 Å². The molecule has 0 saturated carbocycles. The molecule has 1 aromatic rings. The molecule has 101 valence electrons. The van der Waals surface area contributed by atoms with Gasteiger partial charge in [-0.05, 0) is 37.5 Å². The van der Waals surface area contributed by atoms with E-state index in [0.29, 0.717) is 0 Å². The lowest BCUT2D eigenvalue weighted by Gasteiger charge is -2.16. The highest BCUT2D eigenvalue weighted by Gasteiger charge is 2.12. The van der Waals surface area contributed by atoms with Gasteiger partial charge in [0.05, 0.1) is 14.2 Å². The van der Waals surface area contributed by atoms with Gasteiger partial charge in [-0.25, -0.2) is 0 Å². The van der Waals surface area contributed by atoms with Crippen LogP contribution in [0.1, 0.15) is 50.5 Å². The topological polar surface area (TPSA) is 18.5 Å². The summed E-state index contributed by atoms with van der Waals surface area (Å²) in [6, 6.07) is 5.92. The molecule has 0 aliphatic rings. The number of hydrogen-bond acceptors (Lipinski definition) is 2. The highest BCUT2D eigenvalue weighted by atomic mass is 16.5. The molecule has 0 aliphatic carbocycles. The number of rotatable bonds is 8. The van der Waals surface area contributed by atoms with Crippen LogP contribution in [0, 0.1) is 6.92 Å². The van der Waals surface area contributed by atoms with Gasteiger partial charge in [0.1, 0.15) is 11.5 Å². The van der Waals surface area contributed by atoms with Crippen molar-refractivity contribution in [3.8, 4) is 11.5 Å². The van der Waals surface area contributed by atoms with Gasteiger partial charge < -0.3 is 9.47 Å². The highest BCUT2D eigenvalue weighted by Crippen LogP contribution is 2.32. The zero-order valence-corrected chi connectivity index (χ0v) is 11.9. The van der Waals surface area contributed by atoms with E-state index in [4.69, 9.17) is 9.47 Å². The van der Waals surface area contributed by atoms with Crippen LogP contribution in [-0.2, 0) is 0 Å². The second-order valence-corrected chi connectivity index (χ2v) is 4.65. The molecule has 1 radical (unpaired) electrons. The zero-order valence-electron chi connectivity index (χ0n) is 11.9. The maximum absolute atomic E-state index is 5.40. The average Bonchev–Trinajstić information content (AvgIpc) is 2.42. The summed E-state index contributed by atoms with van der Waals surface area (Å²) in [6.45, 7) is 6.48. The Hall–Kier alpha value is -1.18. The Bertz CT molecular complexity index is 347. The summed E-state index contributed by atoms with van der Waals surface area (Å²) in [5.74, 6) is 2.05. The van der Waals surface area contributed by atoms with Crippen LogP contribution in [0.5, 0.6) is 11.5 Å². The first kappa shape index (κ1) is 14.9. The third kappa shape index (κ3) is 4.25. The van der Waals surface area contributed by atoms with Crippen molar-refractivity contribution in [3.05, 3.63) is 30.7 Å². The SMILES string of the molecule is [CH2]C(CCCCCC)c1cc(OC)ccc1OC. The lowest BCUT2D eigenvalue weighted by molar-refractivity contribution is 0.395. The van der Waals surface area contributed by atoms with E-state index in [0.717, 1.165) is 23.5 Å². The van der Waals surface area contributed by atoms with Crippen LogP contribution in [0.2, 0.25) is 0 Å². The largest absolute Gasteiger partial charge is 0.497 e. The molecule has 0 aromatic heterocycles. The number of unbranched alkanes of at least 4 members (excludes halogenated alkanes) is 3. The zero-order chi connectivity index (χ0) is 13.4. The van der Waals surface area contributed by atoms with Crippen molar-refractivity contribution in [1.29, 1.82) is 0 Å². The number of methoxy groups -OCH3 is 2. The molecule has 1 atom stereocenters. The van der Waals surface area contributed by atoms with E-state index in [1.54, 1.807) is 14.2 Å². The first-order valence-corrected chi connectivity index (χ1v) is 6.78. The van der Waals surface area contributed by atoms with E-state index < -0.39 is 0 Å². The maximum Gasteiger partial charge on any atom is 0.122 e. The minimum atomic E-state index is 0.270. The van der Waals surface area contributed by atoms with Gasteiger partial charge in [0.25, 0.3) is 0 Å². The van der Waals surface area contributed by atoms with E-state index in [-0.39, 0.29) is 5.92 Å². The smallest absolute Gasteiger partial charge is 0.122 e. The van der Waals surface area contributed by atoms with Gasteiger partial charge in [0.15, 0.2) is 0 Å². The lowest BCUT2D eigenvalue weighted by atomic mass is 9.94. The first-order valence-electron chi connectivity index (χ1n) is 6.78. The van der Waals surface area contributed by atoms with Crippen molar-refractivity contribution in [2.24, 2.45) is 0 Å². The fourth-order valence-electron chi connectivity index (χ4n) is 2.13. The summed E-state index contributed by atoms with van der Waals surface area (Å²) in [4.78, 5) is 0. The second kappa shape index (κ2) is 8.02. The Morgan fingerprint density at radius 1 is 1.11 bits per heavy atom. The summed E-state index contributed by atoms with van der Waals surface area (Å²) in [6.07, 6.45) is 6.19. The van der Waals surface area contributed by atoms with E-state index in [9.17, 15) is 0 Å². The average molecular weight is 249 g/mol. The van der Waals surface area contributed by atoms with E-state index in [1.165, 1.54) is 25.7 Å². The van der Waals surface area contributed by atoms with Crippen LogP contribution >= 0.6 is 0 Å². The third-order valence-corrected chi connectivity index (χ3v) is 3.28. The standard InChI is InChI=1S/C16H25O2/c1-5-6-7-8-9-13(2)15-12-14(17-3)10-11-16(15)18-4/h10-13H,2,5-9H2,1,3-4H3. The molecule has 0 N–H and O–H groups in total. The molecular weight excluding hydrogens is 224 g/mol. The van der Waals surface area contributed by atoms with Crippen LogP contribution in [0.4, 0.5) is 0 Å². The first-order chi connectivity index (χ1) is 8.72. The summed E-state index contributed by atoms with van der Waals surface area (Å²) < 4.78 is 10.7. The molecule has 0 aliphatic heterocycles. The molecule has 2 nitrogen and oxygen atoms in total. The van der Waals surface area contributed by atoms with Crippen molar-refractivity contribution in [3.63, 3.8) is 0 Å². The predicted molar refractivity (Wildman–Crippen MR) is 76.4 cm³/mol. The summed E-state index contributed by atoms with van der Waals surface area (Å²) in [5, 5.41) is 0. The number of hydrogen-bond donors (Lipinski definition) is 0. The Kier molecular flexibility index (Phi) is 6.63. The Morgan fingerprint density at radius 3 is 2.50 bits per heavy atom. The van der Waals surface area contributed by atoms with Crippen molar-refractivity contribution in [2.45, 2.75) is 44.9 Å². The van der Waals surface area contributed by atoms with Crippen LogP contribution in [0.25, 0.3) is 0 Å². The molecule has 2 heteroatoms. The van der Waals surface area contributed by atoms with E-state index in [1.807, 2.05) is 18.2 Å². The molecule has 1 rings (SSSR count). The molecule has 0 heterocycles. The quantitative estimate of drug-likeness (QED) is 0.627. The van der Waals surface area contributed by atoms with Crippen LogP contribution in [0.3, 0.4) is 0 Å². The summed E-state index contributed by atoms with van der Waals surface area (Å²) in [5.41, 5.74) is 1.15. The van der Waals surface area contributed by atoms with Crippen molar-refractivity contribution in [2.75, 3.05) is 14.2 Å². The van der Waals surface area contributed by atoms with Crippen molar-refractivity contribution >= 4 is 0 Å². The maximum atomic E-state index is 5.40. The van der Waals surface area contributed by atoms with Crippen LogP contribution in [-0.4, -0.2) is 14.2 Å². The molecular formula is C16H25O2. The minimum Gasteiger partial charge on any atom is -0.497 e. The molecule has 0 spiro atoms. The molecule has 1 unspecified atom stereocenters. The molecule has 0 saturated heterocycles. The fourth-order valence-corrected chi connectivity index (χ4v) is 2.13. The van der Waals surface area contributed by atoms with Crippen molar-refractivity contribution in [1.82, 2.24) is 0 Å². The molecule has 0 amide bonds. The molecule has 0 bridgehead atoms. The normalized spacial score (nSPS) is 12.2. The molecule has 1 aromatic carbocycles. The monoisotopic (exact) mass is 249 g/mol.